The Morgan fingerprint density at radius 1 is 1.02 bits per heavy atom. The molecule has 0 radical (unpaired) electrons. The number of urea groups is 2. The lowest BCUT2D eigenvalue weighted by Crippen LogP contribution is -2.55. The maximum atomic E-state index is 14.3. The molecular formula is C33H41F2N5O6. The van der Waals surface area contributed by atoms with Gasteiger partial charge in [0.2, 0.25) is 5.91 Å². The molecule has 2 aliphatic heterocycles. The molecule has 2 aliphatic rings. The van der Waals surface area contributed by atoms with Gasteiger partial charge >= 0.3 is 18.0 Å². The Morgan fingerprint density at radius 2 is 1.78 bits per heavy atom. The molecule has 2 aromatic rings. The molecule has 1 fully saturated rings. The van der Waals surface area contributed by atoms with Crippen LogP contribution < -0.4 is 16.0 Å². The van der Waals surface area contributed by atoms with Gasteiger partial charge in [-0.2, -0.15) is 0 Å². The molecule has 3 N–H and O–H groups in total. The van der Waals surface area contributed by atoms with Gasteiger partial charge in [-0.3, -0.25) is 4.79 Å². The van der Waals surface area contributed by atoms with Crippen LogP contribution >= 0.6 is 0 Å². The molecule has 0 saturated carbocycles. The van der Waals surface area contributed by atoms with E-state index in [-0.39, 0.29) is 35.9 Å². The summed E-state index contributed by atoms with van der Waals surface area (Å²) in [6.45, 7) is 4.46. The van der Waals surface area contributed by atoms with Crippen LogP contribution in [0.2, 0.25) is 0 Å². The number of likely N-dealkylation sites (tertiary alicyclic amines) is 1. The lowest BCUT2D eigenvalue weighted by Gasteiger charge is -2.36. The van der Waals surface area contributed by atoms with E-state index in [0.29, 0.717) is 25.3 Å². The molecule has 11 nitrogen and oxygen atoms in total. The zero-order chi connectivity index (χ0) is 33.2. The van der Waals surface area contributed by atoms with E-state index < -0.39 is 35.7 Å². The Balaban J connectivity index is 1.36. The highest BCUT2D eigenvalue weighted by molar-refractivity contribution is 6.01. The Kier molecular flexibility index (Phi) is 12.2. The summed E-state index contributed by atoms with van der Waals surface area (Å²) in [5.41, 5.74) is 1.93. The number of imide groups is 1. The number of hydrogen-bond acceptors (Lipinski definition) is 7. The second-order valence-corrected chi connectivity index (χ2v) is 11.3. The van der Waals surface area contributed by atoms with Gasteiger partial charge in [0.15, 0.2) is 11.6 Å². The Bertz CT molecular complexity index is 1460. The van der Waals surface area contributed by atoms with E-state index >= 15 is 0 Å². The first kappa shape index (κ1) is 34.5. The largest absolute Gasteiger partial charge is 0.466 e. The van der Waals surface area contributed by atoms with Crippen LogP contribution in [0.3, 0.4) is 0 Å². The van der Waals surface area contributed by atoms with Gasteiger partial charge < -0.3 is 30.3 Å². The topological polar surface area (TPSA) is 129 Å². The number of amides is 5. The summed E-state index contributed by atoms with van der Waals surface area (Å²) >= 11 is 0. The number of ether oxygens (including phenoxy) is 2. The number of carbonyl (C=O) groups excluding carboxylic acids is 4. The van der Waals surface area contributed by atoms with Gasteiger partial charge in [-0.1, -0.05) is 25.1 Å². The number of piperidine rings is 1. The summed E-state index contributed by atoms with van der Waals surface area (Å²) in [4.78, 5) is 54.5. The van der Waals surface area contributed by atoms with Crippen molar-refractivity contribution in [3.8, 4) is 0 Å². The zero-order valence-electron chi connectivity index (χ0n) is 26.4. The highest BCUT2D eigenvalue weighted by atomic mass is 19.2. The molecule has 1 saturated heterocycles. The number of carbonyl (C=O) groups is 4. The van der Waals surface area contributed by atoms with E-state index in [9.17, 15) is 28.0 Å². The first-order valence-corrected chi connectivity index (χ1v) is 15.4. The molecule has 248 valence electrons. The quantitative estimate of drug-likeness (QED) is 0.224. The molecule has 5 amide bonds. The summed E-state index contributed by atoms with van der Waals surface area (Å²) < 4.78 is 38.1. The first-order chi connectivity index (χ1) is 22.2. The Hall–Kier alpha value is -4.36. The number of nitrogens with zero attached hydrogens (tertiary/aromatic N) is 2. The normalized spacial score (nSPS) is 17.5. The molecule has 13 heteroatoms. The van der Waals surface area contributed by atoms with Gasteiger partial charge in [0.05, 0.1) is 25.0 Å². The number of rotatable bonds is 12. The zero-order valence-corrected chi connectivity index (χ0v) is 26.4. The fourth-order valence-electron chi connectivity index (χ4n) is 5.87. The van der Waals surface area contributed by atoms with Gasteiger partial charge in [-0.05, 0) is 86.6 Å². The van der Waals surface area contributed by atoms with Crippen molar-refractivity contribution in [3.05, 3.63) is 76.5 Å². The van der Waals surface area contributed by atoms with E-state index in [1.807, 2.05) is 25.1 Å². The summed E-state index contributed by atoms with van der Waals surface area (Å²) in [5, 5.41) is 8.19. The van der Waals surface area contributed by atoms with Crippen LogP contribution in [0.15, 0.2) is 53.7 Å². The van der Waals surface area contributed by atoms with E-state index in [4.69, 9.17) is 9.47 Å². The van der Waals surface area contributed by atoms with Crippen LogP contribution in [0.4, 0.5) is 24.1 Å². The maximum absolute atomic E-state index is 14.3. The van der Waals surface area contributed by atoms with Crippen LogP contribution in [0.1, 0.15) is 62.1 Å². The molecule has 0 bridgehead atoms. The van der Waals surface area contributed by atoms with Gasteiger partial charge in [-0.15, -0.1) is 0 Å². The van der Waals surface area contributed by atoms with E-state index in [2.05, 4.69) is 26.9 Å². The standard InChI is InChI=1S/C33H41F2N5O6/c1-4-7-28(41)37-24-9-5-8-22(18-24)21-12-16-39(17-13-21)15-6-14-36-32(43)40-30(23-10-11-25(34)26(35)19-23)29(31(42)46-3)27(20-45-2)38-33(40)44/h5,8-11,18-19,21,30H,4,6-7,12-17,20H2,1-3H3,(H,36,43)(H,37,41)(H,38,44). The third-order valence-electron chi connectivity index (χ3n) is 8.14. The summed E-state index contributed by atoms with van der Waals surface area (Å²) in [6, 6.07) is 7.86. The van der Waals surface area contributed by atoms with Gasteiger partial charge in [-0.25, -0.2) is 28.1 Å². The van der Waals surface area contributed by atoms with Crippen LogP contribution in [-0.4, -0.2) is 80.7 Å². The van der Waals surface area contributed by atoms with Crippen molar-refractivity contribution in [2.45, 2.75) is 51.0 Å². The predicted molar refractivity (Wildman–Crippen MR) is 167 cm³/mol. The summed E-state index contributed by atoms with van der Waals surface area (Å²) in [7, 11) is 2.49. The number of benzene rings is 2. The molecule has 46 heavy (non-hydrogen) atoms. The Morgan fingerprint density at radius 3 is 2.46 bits per heavy atom. The van der Waals surface area contributed by atoms with E-state index in [1.165, 1.54) is 18.7 Å². The molecule has 1 atom stereocenters. The van der Waals surface area contributed by atoms with Crippen LogP contribution in [-0.2, 0) is 19.1 Å². The van der Waals surface area contributed by atoms with Crippen molar-refractivity contribution in [1.82, 2.24) is 20.4 Å². The molecule has 0 spiro atoms. The average molecular weight is 642 g/mol. The molecule has 2 aromatic carbocycles. The summed E-state index contributed by atoms with van der Waals surface area (Å²) in [5.74, 6) is -2.79. The second kappa shape index (κ2) is 16.3. The second-order valence-electron chi connectivity index (χ2n) is 11.3. The van der Waals surface area contributed by atoms with Crippen LogP contribution in [0.25, 0.3) is 0 Å². The highest BCUT2D eigenvalue weighted by Gasteiger charge is 2.43. The van der Waals surface area contributed by atoms with Crippen molar-refractivity contribution in [1.29, 1.82) is 0 Å². The number of nitrogens with one attached hydrogen (secondary N) is 3. The van der Waals surface area contributed by atoms with Crippen molar-refractivity contribution < 1.29 is 37.4 Å². The maximum Gasteiger partial charge on any atom is 0.338 e. The van der Waals surface area contributed by atoms with E-state index in [1.54, 1.807) is 0 Å². The van der Waals surface area contributed by atoms with Crippen LogP contribution in [0.5, 0.6) is 0 Å². The summed E-state index contributed by atoms with van der Waals surface area (Å²) in [6.07, 6.45) is 3.78. The molecular weight excluding hydrogens is 600 g/mol. The molecule has 4 rings (SSSR count). The minimum absolute atomic E-state index is 0.00894. The number of halogens is 2. The third-order valence-corrected chi connectivity index (χ3v) is 8.14. The monoisotopic (exact) mass is 641 g/mol. The first-order valence-electron chi connectivity index (χ1n) is 15.4. The Labute approximate surface area is 267 Å². The van der Waals surface area contributed by atoms with Crippen LogP contribution in [0, 0.1) is 11.6 Å². The molecule has 0 aromatic heterocycles. The lowest BCUT2D eigenvalue weighted by atomic mass is 9.89. The number of esters is 1. The number of anilines is 1. The number of methoxy groups -OCH3 is 2. The smallest absolute Gasteiger partial charge is 0.338 e. The van der Waals surface area contributed by atoms with Crippen molar-refractivity contribution in [2.24, 2.45) is 0 Å². The SMILES string of the molecule is CCCC(=O)Nc1cccc(C2CCN(CCCNC(=O)N3C(=O)NC(COC)=C(C(=O)OC)C3c3ccc(F)c(F)c3)CC2)c1. The average Bonchev–Trinajstić information content (AvgIpc) is 3.04. The van der Waals surface area contributed by atoms with Crippen molar-refractivity contribution in [2.75, 3.05) is 52.3 Å². The van der Waals surface area contributed by atoms with Crippen molar-refractivity contribution in [3.63, 3.8) is 0 Å². The molecule has 1 unspecified atom stereocenters. The number of hydrogen-bond donors (Lipinski definition) is 3. The molecule has 0 aliphatic carbocycles. The highest BCUT2D eigenvalue weighted by Crippen LogP contribution is 2.35. The predicted octanol–water partition coefficient (Wildman–Crippen LogP) is 4.82. The minimum atomic E-state index is -1.39. The van der Waals surface area contributed by atoms with Gasteiger partial charge in [0.1, 0.15) is 6.04 Å². The lowest BCUT2D eigenvalue weighted by molar-refractivity contribution is -0.137. The van der Waals surface area contributed by atoms with E-state index in [0.717, 1.165) is 62.2 Å². The third kappa shape index (κ3) is 8.46. The molecule has 2 heterocycles. The fraction of sp³-hybridized carbons (Fsp3) is 0.455. The van der Waals surface area contributed by atoms with Gasteiger partial charge in [0, 0.05) is 25.8 Å². The minimum Gasteiger partial charge on any atom is -0.466 e. The fourth-order valence-corrected chi connectivity index (χ4v) is 5.87. The van der Waals surface area contributed by atoms with Gasteiger partial charge in [0.25, 0.3) is 0 Å². The van der Waals surface area contributed by atoms with Crippen molar-refractivity contribution >= 4 is 29.6 Å².